The fourth-order valence-electron chi connectivity index (χ4n) is 1.12. The Balaban J connectivity index is 2.27. The van der Waals surface area contributed by atoms with Crippen LogP contribution in [0.25, 0.3) is 0 Å². The summed E-state index contributed by atoms with van der Waals surface area (Å²) in [7, 11) is 0. The highest BCUT2D eigenvalue weighted by Crippen LogP contribution is 2.21. The molecular weight excluding hydrogens is 306 g/mol. The van der Waals surface area contributed by atoms with Crippen LogP contribution in [0.15, 0.2) is 15.9 Å². The van der Waals surface area contributed by atoms with Crippen molar-refractivity contribution >= 4 is 39.1 Å². The van der Waals surface area contributed by atoms with E-state index in [1.54, 1.807) is 19.9 Å². The largest absolute Gasteiger partial charge is 0.463 e. The number of rotatable bonds is 5. The SMILES string of the molecule is CC(C)OC(=O)CCNC(=O)c1ccc(Br)s1. The molecule has 0 radical (unpaired) electrons. The Hall–Kier alpha value is -0.880. The van der Waals surface area contributed by atoms with Crippen molar-refractivity contribution in [2.75, 3.05) is 6.54 Å². The lowest BCUT2D eigenvalue weighted by atomic mass is 10.4. The highest BCUT2D eigenvalue weighted by molar-refractivity contribution is 9.11. The molecule has 6 heteroatoms. The molecule has 0 fully saturated rings. The van der Waals surface area contributed by atoms with Crippen LogP contribution in [-0.4, -0.2) is 24.5 Å². The molecule has 0 aliphatic carbocycles. The maximum absolute atomic E-state index is 11.6. The van der Waals surface area contributed by atoms with Gasteiger partial charge < -0.3 is 10.1 Å². The third-order valence-corrected chi connectivity index (χ3v) is 3.40. The minimum Gasteiger partial charge on any atom is -0.463 e. The van der Waals surface area contributed by atoms with Gasteiger partial charge in [0.25, 0.3) is 5.91 Å². The third kappa shape index (κ3) is 5.32. The lowest BCUT2D eigenvalue weighted by molar-refractivity contribution is -0.147. The number of ether oxygens (including phenoxy) is 1. The topological polar surface area (TPSA) is 55.4 Å². The van der Waals surface area contributed by atoms with E-state index in [4.69, 9.17) is 4.74 Å². The Kier molecular flexibility index (Phi) is 5.64. The normalized spacial score (nSPS) is 10.4. The van der Waals surface area contributed by atoms with Gasteiger partial charge in [-0.05, 0) is 41.9 Å². The van der Waals surface area contributed by atoms with Gasteiger partial charge in [0, 0.05) is 6.54 Å². The number of esters is 1. The maximum Gasteiger partial charge on any atom is 0.307 e. The molecule has 0 aliphatic heterocycles. The van der Waals surface area contributed by atoms with Crippen LogP contribution in [0.3, 0.4) is 0 Å². The highest BCUT2D eigenvalue weighted by Gasteiger charge is 2.09. The van der Waals surface area contributed by atoms with Crippen LogP contribution in [0.2, 0.25) is 0 Å². The second-order valence-electron chi connectivity index (χ2n) is 3.65. The summed E-state index contributed by atoms with van der Waals surface area (Å²) in [6.45, 7) is 3.87. The van der Waals surface area contributed by atoms with E-state index in [-0.39, 0.29) is 24.4 Å². The van der Waals surface area contributed by atoms with Crippen molar-refractivity contribution in [2.24, 2.45) is 0 Å². The third-order valence-electron chi connectivity index (χ3n) is 1.78. The number of carbonyl (C=O) groups excluding carboxylic acids is 2. The number of hydrogen-bond acceptors (Lipinski definition) is 4. The van der Waals surface area contributed by atoms with Crippen LogP contribution in [-0.2, 0) is 9.53 Å². The maximum atomic E-state index is 11.6. The van der Waals surface area contributed by atoms with Gasteiger partial charge in [0.1, 0.15) is 0 Å². The Morgan fingerprint density at radius 2 is 2.18 bits per heavy atom. The Labute approximate surface area is 112 Å². The fourth-order valence-corrected chi connectivity index (χ4v) is 2.43. The summed E-state index contributed by atoms with van der Waals surface area (Å²) in [5.41, 5.74) is 0. The number of carbonyl (C=O) groups is 2. The molecule has 0 saturated heterocycles. The zero-order valence-electron chi connectivity index (χ0n) is 9.66. The Morgan fingerprint density at radius 1 is 1.47 bits per heavy atom. The van der Waals surface area contributed by atoms with Crippen molar-refractivity contribution in [1.82, 2.24) is 5.32 Å². The van der Waals surface area contributed by atoms with Crippen molar-refractivity contribution in [3.8, 4) is 0 Å². The molecular formula is C11H14BrNO3S. The average Bonchev–Trinajstić information content (AvgIpc) is 2.63. The van der Waals surface area contributed by atoms with Crippen molar-refractivity contribution in [1.29, 1.82) is 0 Å². The second-order valence-corrected chi connectivity index (χ2v) is 6.11. The molecule has 0 atom stereocenters. The molecule has 1 N–H and O–H groups in total. The summed E-state index contributed by atoms with van der Waals surface area (Å²) in [6.07, 6.45) is 0.0719. The molecule has 0 bridgehead atoms. The minimum absolute atomic E-state index is 0.119. The van der Waals surface area contributed by atoms with E-state index in [2.05, 4.69) is 21.2 Å². The summed E-state index contributed by atoms with van der Waals surface area (Å²) in [5.74, 6) is -0.467. The van der Waals surface area contributed by atoms with Gasteiger partial charge in [-0.1, -0.05) is 0 Å². The number of halogens is 1. The van der Waals surface area contributed by atoms with Gasteiger partial charge in [-0.25, -0.2) is 0 Å². The number of thiophene rings is 1. The predicted molar refractivity (Wildman–Crippen MR) is 70.2 cm³/mol. The predicted octanol–water partition coefficient (Wildman–Crippen LogP) is 2.58. The molecule has 0 aliphatic rings. The molecule has 0 aromatic carbocycles. The molecule has 4 nitrogen and oxygen atoms in total. The molecule has 0 spiro atoms. The zero-order chi connectivity index (χ0) is 12.8. The van der Waals surface area contributed by atoms with Crippen molar-refractivity contribution in [3.05, 3.63) is 20.8 Å². The van der Waals surface area contributed by atoms with Gasteiger partial charge in [0.15, 0.2) is 0 Å². The first-order valence-corrected chi connectivity index (χ1v) is 6.83. The fraction of sp³-hybridized carbons (Fsp3) is 0.455. The van der Waals surface area contributed by atoms with E-state index in [9.17, 15) is 9.59 Å². The van der Waals surface area contributed by atoms with Gasteiger partial charge in [-0.15, -0.1) is 11.3 Å². The lowest BCUT2D eigenvalue weighted by Crippen LogP contribution is -2.26. The van der Waals surface area contributed by atoms with Gasteiger partial charge in [0.05, 0.1) is 21.2 Å². The summed E-state index contributed by atoms with van der Waals surface area (Å²) in [5, 5.41) is 2.67. The molecule has 17 heavy (non-hydrogen) atoms. The molecule has 0 saturated carbocycles. The highest BCUT2D eigenvalue weighted by atomic mass is 79.9. The Morgan fingerprint density at radius 3 is 2.71 bits per heavy atom. The average molecular weight is 320 g/mol. The first-order valence-electron chi connectivity index (χ1n) is 5.22. The quantitative estimate of drug-likeness (QED) is 0.849. The number of nitrogens with one attached hydrogen (secondary N) is 1. The molecule has 1 aromatic rings. The van der Waals surface area contributed by atoms with Crippen LogP contribution < -0.4 is 5.32 Å². The van der Waals surface area contributed by atoms with Gasteiger partial charge in [0.2, 0.25) is 0 Å². The van der Waals surface area contributed by atoms with Gasteiger partial charge in [-0.3, -0.25) is 9.59 Å². The number of hydrogen-bond donors (Lipinski definition) is 1. The standard InChI is InChI=1S/C11H14BrNO3S/c1-7(2)16-10(14)5-6-13-11(15)8-3-4-9(12)17-8/h3-4,7H,5-6H2,1-2H3,(H,13,15). The minimum atomic E-state index is -0.298. The van der Waals surface area contributed by atoms with E-state index in [1.807, 2.05) is 6.07 Å². The summed E-state index contributed by atoms with van der Waals surface area (Å²) in [6, 6.07) is 3.54. The smallest absolute Gasteiger partial charge is 0.307 e. The molecule has 94 valence electrons. The van der Waals surface area contributed by atoms with Gasteiger partial charge in [-0.2, -0.15) is 0 Å². The van der Waals surface area contributed by atoms with Crippen LogP contribution in [0, 0.1) is 0 Å². The van der Waals surface area contributed by atoms with E-state index in [0.29, 0.717) is 11.4 Å². The van der Waals surface area contributed by atoms with Crippen molar-refractivity contribution < 1.29 is 14.3 Å². The van der Waals surface area contributed by atoms with E-state index < -0.39 is 0 Å². The van der Waals surface area contributed by atoms with E-state index in [1.165, 1.54) is 11.3 Å². The van der Waals surface area contributed by atoms with E-state index in [0.717, 1.165) is 3.79 Å². The first kappa shape index (κ1) is 14.2. The van der Waals surface area contributed by atoms with E-state index >= 15 is 0 Å². The lowest BCUT2D eigenvalue weighted by Gasteiger charge is -2.07. The van der Waals surface area contributed by atoms with Crippen LogP contribution in [0.4, 0.5) is 0 Å². The molecule has 1 rings (SSSR count). The van der Waals surface area contributed by atoms with Crippen molar-refractivity contribution in [2.45, 2.75) is 26.4 Å². The van der Waals surface area contributed by atoms with Crippen LogP contribution >= 0.6 is 27.3 Å². The second kappa shape index (κ2) is 6.76. The molecule has 1 amide bonds. The Bertz CT molecular complexity index is 403. The summed E-state index contributed by atoms with van der Waals surface area (Å²) < 4.78 is 5.85. The molecule has 1 heterocycles. The monoisotopic (exact) mass is 319 g/mol. The van der Waals surface area contributed by atoms with Gasteiger partial charge >= 0.3 is 5.97 Å². The first-order chi connectivity index (χ1) is 7.99. The summed E-state index contributed by atoms with van der Waals surface area (Å²) >= 11 is 4.64. The van der Waals surface area contributed by atoms with Crippen LogP contribution in [0.1, 0.15) is 29.9 Å². The molecule has 1 aromatic heterocycles. The van der Waals surface area contributed by atoms with Crippen molar-refractivity contribution in [3.63, 3.8) is 0 Å². The number of amides is 1. The molecule has 0 unspecified atom stereocenters. The summed E-state index contributed by atoms with van der Waals surface area (Å²) in [4.78, 5) is 23.4. The zero-order valence-corrected chi connectivity index (χ0v) is 12.1. The van der Waals surface area contributed by atoms with Crippen LogP contribution in [0.5, 0.6) is 0 Å².